The lowest BCUT2D eigenvalue weighted by Gasteiger charge is -2.40. The third kappa shape index (κ3) is 5.61. The minimum Gasteiger partial charge on any atom is -0.481 e. The Morgan fingerprint density at radius 2 is 1.66 bits per heavy atom. The van der Waals surface area contributed by atoms with E-state index in [0.717, 1.165) is 104 Å². The van der Waals surface area contributed by atoms with Crippen LogP contribution in [-0.2, 0) is 24.2 Å². The highest BCUT2D eigenvalue weighted by atomic mass is 16.4. The number of anilines is 3. The second kappa shape index (κ2) is 11.0. The first-order valence-electron chi connectivity index (χ1n) is 15.1. The summed E-state index contributed by atoms with van der Waals surface area (Å²) in [6, 6.07) is 8.78. The molecule has 6 rings (SSSR count). The van der Waals surface area contributed by atoms with Gasteiger partial charge in [-0.2, -0.15) is 4.98 Å². The summed E-state index contributed by atoms with van der Waals surface area (Å²) in [7, 11) is 0. The number of benzene rings is 1. The number of aromatic nitrogens is 3. The molecule has 5 heterocycles. The Hall–Kier alpha value is -3.68. The lowest BCUT2D eigenvalue weighted by atomic mass is 9.82. The molecule has 3 aliphatic rings. The Bertz CT molecular complexity index is 1450. The fourth-order valence-corrected chi connectivity index (χ4v) is 6.75. The summed E-state index contributed by atoms with van der Waals surface area (Å²) in [6.45, 7) is 14.3. The monoisotopic (exact) mass is 554 g/mol. The molecule has 41 heavy (non-hydrogen) atoms. The predicted molar refractivity (Wildman–Crippen MR) is 164 cm³/mol. The highest BCUT2D eigenvalue weighted by molar-refractivity contribution is 5.86. The average molecular weight is 555 g/mol. The third-order valence-corrected chi connectivity index (χ3v) is 9.27. The largest absolute Gasteiger partial charge is 0.481 e. The van der Waals surface area contributed by atoms with Crippen LogP contribution in [0.4, 0.5) is 17.5 Å². The zero-order valence-corrected chi connectivity index (χ0v) is 24.9. The first-order chi connectivity index (χ1) is 19.7. The van der Waals surface area contributed by atoms with Gasteiger partial charge in [-0.25, -0.2) is 4.98 Å². The molecule has 3 aromatic rings. The Labute approximate surface area is 243 Å². The minimum absolute atomic E-state index is 0.0161. The van der Waals surface area contributed by atoms with Gasteiger partial charge in [0.2, 0.25) is 5.95 Å². The van der Waals surface area contributed by atoms with E-state index < -0.39 is 5.97 Å². The minimum atomic E-state index is -0.815. The van der Waals surface area contributed by atoms with E-state index in [1.54, 1.807) is 0 Å². The van der Waals surface area contributed by atoms with Crippen LogP contribution in [0.1, 0.15) is 67.6 Å². The first kappa shape index (κ1) is 27.5. The van der Waals surface area contributed by atoms with E-state index in [0.29, 0.717) is 5.41 Å². The molecule has 0 unspecified atom stereocenters. The third-order valence-electron chi connectivity index (χ3n) is 9.27. The molecule has 8 nitrogen and oxygen atoms in total. The summed E-state index contributed by atoms with van der Waals surface area (Å²) in [5, 5.41) is 9.82. The Morgan fingerprint density at radius 3 is 2.39 bits per heavy atom. The molecule has 0 amide bonds. The van der Waals surface area contributed by atoms with E-state index in [2.05, 4.69) is 58.7 Å². The van der Waals surface area contributed by atoms with Gasteiger partial charge in [0.05, 0.1) is 12.1 Å². The molecule has 0 spiro atoms. The van der Waals surface area contributed by atoms with Gasteiger partial charge in [-0.15, -0.1) is 0 Å². The standard InChI is InChI=1S/C33H42N6O2/c1-22-27(20-29(40)41)31(38-17-11-33(3,4)12-18-38)30(23(2)35-22)25-7-8-26-21-39(16-10-24(26)19-25)32-34-13-9-28(36-32)37-14-5-6-15-37/h7-9,13,19H,5-6,10-12,14-18,20-21H2,1-4H3,(H,40,41). The molecule has 1 aromatic carbocycles. The molecule has 2 saturated heterocycles. The zero-order valence-electron chi connectivity index (χ0n) is 24.9. The Morgan fingerprint density at radius 1 is 0.902 bits per heavy atom. The van der Waals surface area contributed by atoms with Crippen LogP contribution in [0.5, 0.6) is 0 Å². The summed E-state index contributed by atoms with van der Waals surface area (Å²) in [6.07, 6.45) is 7.40. The second-order valence-electron chi connectivity index (χ2n) is 12.8. The number of carboxylic acids is 1. The quantitative estimate of drug-likeness (QED) is 0.423. The molecule has 0 bridgehead atoms. The SMILES string of the molecule is Cc1nc(C)c(-c2ccc3c(c2)CCN(c2nccc(N4CCCC4)n2)C3)c(N2CCC(C)(C)CC2)c1CC(=O)O. The van der Waals surface area contributed by atoms with E-state index in [9.17, 15) is 9.90 Å². The number of carbonyl (C=O) groups is 1. The molecule has 0 radical (unpaired) electrons. The van der Waals surface area contributed by atoms with E-state index in [4.69, 9.17) is 9.97 Å². The fourth-order valence-electron chi connectivity index (χ4n) is 6.75. The summed E-state index contributed by atoms with van der Waals surface area (Å²) in [4.78, 5) is 33.4. The maximum atomic E-state index is 12.0. The molecule has 0 atom stereocenters. The van der Waals surface area contributed by atoms with Crippen molar-refractivity contribution in [2.45, 2.75) is 72.8 Å². The molecule has 3 aliphatic heterocycles. The average Bonchev–Trinajstić information content (AvgIpc) is 3.49. The van der Waals surface area contributed by atoms with Gasteiger partial charge >= 0.3 is 5.97 Å². The van der Waals surface area contributed by atoms with Gasteiger partial charge in [-0.3, -0.25) is 9.78 Å². The van der Waals surface area contributed by atoms with Crippen LogP contribution in [-0.4, -0.2) is 58.8 Å². The zero-order chi connectivity index (χ0) is 28.7. The lowest BCUT2D eigenvalue weighted by Crippen LogP contribution is -2.38. The van der Waals surface area contributed by atoms with Crippen molar-refractivity contribution in [3.63, 3.8) is 0 Å². The number of aliphatic carboxylic acids is 1. The summed E-state index contributed by atoms with van der Waals surface area (Å²) in [5.74, 6) is 1.02. The number of piperidine rings is 1. The van der Waals surface area contributed by atoms with E-state index >= 15 is 0 Å². The number of nitrogens with zero attached hydrogens (tertiary/aromatic N) is 6. The molecule has 8 heteroatoms. The van der Waals surface area contributed by atoms with Gasteiger partial charge in [-0.1, -0.05) is 32.0 Å². The summed E-state index contributed by atoms with van der Waals surface area (Å²) in [5.41, 5.74) is 8.82. The number of pyridine rings is 1. The highest BCUT2D eigenvalue weighted by Gasteiger charge is 2.31. The summed E-state index contributed by atoms with van der Waals surface area (Å²) >= 11 is 0. The maximum Gasteiger partial charge on any atom is 0.307 e. The van der Waals surface area contributed by atoms with Crippen molar-refractivity contribution in [2.75, 3.05) is 47.4 Å². The molecule has 1 N–H and O–H groups in total. The molecular weight excluding hydrogens is 512 g/mol. The van der Waals surface area contributed by atoms with E-state index in [1.165, 1.54) is 24.0 Å². The van der Waals surface area contributed by atoms with Crippen LogP contribution < -0.4 is 14.7 Å². The van der Waals surface area contributed by atoms with Crippen molar-refractivity contribution < 1.29 is 9.90 Å². The van der Waals surface area contributed by atoms with Crippen LogP contribution >= 0.6 is 0 Å². The fraction of sp³-hybridized carbons (Fsp3) is 0.515. The van der Waals surface area contributed by atoms with Crippen molar-refractivity contribution in [1.82, 2.24) is 15.0 Å². The predicted octanol–water partition coefficient (Wildman–Crippen LogP) is 5.57. The van der Waals surface area contributed by atoms with Crippen LogP contribution in [0.25, 0.3) is 11.1 Å². The molecule has 2 fully saturated rings. The van der Waals surface area contributed by atoms with Crippen molar-refractivity contribution in [2.24, 2.45) is 5.41 Å². The van der Waals surface area contributed by atoms with Crippen LogP contribution in [0, 0.1) is 19.3 Å². The van der Waals surface area contributed by atoms with Gasteiger partial charge in [0, 0.05) is 68.0 Å². The number of aryl methyl sites for hydroxylation is 2. The molecular formula is C33H42N6O2. The maximum absolute atomic E-state index is 12.0. The lowest BCUT2D eigenvalue weighted by molar-refractivity contribution is -0.136. The Balaban J connectivity index is 1.33. The molecule has 0 aliphatic carbocycles. The van der Waals surface area contributed by atoms with Crippen molar-refractivity contribution in [3.8, 4) is 11.1 Å². The Kier molecular flexibility index (Phi) is 7.34. The van der Waals surface area contributed by atoms with Crippen LogP contribution in [0.15, 0.2) is 30.5 Å². The van der Waals surface area contributed by atoms with Crippen LogP contribution in [0.3, 0.4) is 0 Å². The number of carboxylic acid groups (broad SMARTS) is 1. The van der Waals surface area contributed by atoms with Gasteiger partial charge in [0.15, 0.2) is 0 Å². The number of fused-ring (bicyclic) bond motifs is 1. The number of rotatable bonds is 6. The first-order valence-corrected chi connectivity index (χ1v) is 15.1. The second-order valence-corrected chi connectivity index (χ2v) is 12.8. The van der Waals surface area contributed by atoms with Gasteiger partial charge in [0.25, 0.3) is 0 Å². The smallest absolute Gasteiger partial charge is 0.307 e. The number of hydrogen-bond donors (Lipinski definition) is 1. The summed E-state index contributed by atoms with van der Waals surface area (Å²) < 4.78 is 0. The molecule has 2 aromatic heterocycles. The van der Waals surface area contributed by atoms with Gasteiger partial charge in [-0.05, 0) is 74.1 Å². The topological polar surface area (TPSA) is 85.7 Å². The van der Waals surface area contributed by atoms with Crippen molar-refractivity contribution in [3.05, 3.63) is 58.5 Å². The van der Waals surface area contributed by atoms with E-state index in [-0.39, 0.29) is 6.42 Å². The normalized spacial score (nSPS) is 18.5. The van der Waals surface area contributed by atoms with Crippen molar-refractivity contribution >= 4 is 23.4 Å². The van der Waals surface area contributed by atoms with Gasteiger partial charge < -0.3 is 19.8 Å². The van der Waals surface area contributed by atoms with E-state index in [1.807, 2.05) is 19.2 Å². The molecule has 0 saturated carbocycles. The molecule has 216 valence electrons. The van der Waals surface area contributed by atoms with Crippen LogP contribution in [0.2, 0.25) is 0 Å². The highest BCUT2D eigenvalue weighted by Crippen LogP contribution is 2.42. The number of hydrogen-bond acceptors (Lipinski definition) is 7. The van der Waals surface area contributed by atoms with Crippen molar-refractivity contribution in [1.29, 1.82) is 0 Å². The van der Waals surface area contributed by atoms with Gasteiger partial charge in [0.1, 0.15) is 5.82 Å².